The van der Waals surface area contributed by atoms with Crippen molar-refractivity contribution in [2.45, 2.75) is 19.8 Å². The van der Waals surface area contributed by atoms with Gasteiger partial charge in [0.25, 0.3) is 0 Å². The number of fused-ring (bicyclic) bond motifs is 5. The molecule has 0 saturated carbocycles. The van der Waals surface area contributed by atoms with Crippen molar-refractivity contribution in [3.05, 3.63) is 71.8 Å². The van der Waals surface area contributed by atoms with E-state index in [0.717, 1.165) is 50.8 Å². The maximum Gasteiger partial charge on any atom is 0.224 e. The summed E-state index contributed by atoms with van der Waals surface area (Å²) in [4.78, 5) is 16.8. The van der Waals surface area contributed by atoms with Crippen LogP contribution in [-0.4, -0.2) is 20.5 Å². The molecule has 5 aromatic rings. The minimum absolute atomic E-state index is 0.00853. The van der Waals surface area contributed by atoms with Crippen LogP contribution < -0.4 is 5.32 Å². The second-order valence-electron chi connectivity index (χ2n) is 7.25. The van der Waals surface area contributed by atoms with E-state index >= 15 is 0 Å². The van der Waals surface area contributed by atoms with Crippen LogP contribution in [0.5, 0.6) is 0 Å². The van der Waals surface area contributed by atoms with Gasteiger partial charge in [0, 0.05) is 33.5 Å². The van der Waals surface area contributed by atoms with E-state index in [9.17, 15) is 4.79 Å². The quantitative estimate of drug-likeness (QED) is 0.387. The van der Waals surface area contributed by atoms with Crippen molar-refractivity contribution in [2.75, 3.05) is 5.32 Å². The number of imidazole rings is 1. The number of halogens is 1. The summed E-state index contributed by atoms with van der Waals surface area (Å²) < 4.78 is 1.87. The van der Waals surface area contributed by atoms with Crippen LogP contribution in [0.15, 0.2) is 66.7 Å². The van der Waals surface area contributed by atoms with Crippen LogP contribution in [-0.2, 0) is 4.79 Å². The average Bonchev–Trinajstić information content (AvgIpc) is 3.12. The van der Waals surface area contributed by atoms with Crippen LogP contribution in [0.1, 0.15) is 19.8 Å². The molecule has 5 nitrogen and oxygen atoms in total. The predicted octanol–water partition coefficient (Wildman–Crippen LogP) is 6.09. The number of carbonyl (C=O) groups is 1. The Kier molecular flexibility index (Phi) is 4.60. The Hall–Kier alpha value is -3.44. The van der Waals surface area contributed by atoms with Crippen LogP contribution in [0, 0.1) is 0 Å². The van der Waals surface area contributed by atoms with E-state index in [2.05, 4.69) is 17.4 Å². The number of rotatable bonds is 4. The van der Waals surface area contributed by atoms with E-state index in [1.807, 2.05) is 66.0 Å². The molecule has 1 amide bonds. The number of anilines is 1. The number of hydrogen-bond donors (Lipinski definition) is 1. The van der Waals surface area contributed by atoms with Crippen LogP contribution in [0.3, 0.4) is 0 Å². The molecule has 0 spiro atoms. The molecule has 0 aliphatic rings. The summed E-state index contributed by atoms with van der Waals surface area (Å²) in [7, 11) is 0. The first kappa shape index (κ1) is 18.6. The Balaban J connectivity index is 1.73. The second kappa shape index (κ2) is 7.43. The van der Waals surface area contributed by atoms with Crippen LogP contribution >= 0.6 is 11.6 Å². The van der Waals surface area contributed by atoms with Gasteiger partial charge in [0.2, 0.25) is 5.91 Å². The molecule has 0 aliphatic carbocycles. The predicted molar refractivity (Wildman–Crippen MR) is 122 cm³/mol. The molecule has 1 N–H and O–H groups in total. The van der Waals surface area contributed by atoms with Gasteiger partial charge in [-0.15, -0.1) is 0 Å². The molecular formula is C24H19ClN4O. The van der Waals surface area contributed by atoms with Crippen molar-refractivity contribution in [3.8, 4) is 11.3 Å². The number of carbonyl (C=O) groups excluding carboxylic acids is 1. The zero-order chi connectivity index (χ0) is 20.7. The van der Waals surface area contributed by atoms with Crippen LogP contribution in [0.2, 0.25) is 5.02 Å². The molecule has 3 aromatic carbocycles. The first-order valence-electron chi connectivity index (χ1n) is 9.91. The molecule has 0 radical (unpaired) electrons. The molecule has 0 saturated heterocycles. The Morgan fingerprint density at radius 3 is 2.57 bits per heavy atom. The van der Waals surface area contributed by atoms with E-state index in [1.54, 1.807) is 0 Å². The Morgan fingerprint density at radius 1 is 1.03 bits per heavy atom. The third kappa shape index (κ3) is 3.17. The van der Waals surface area contributed by atoms with Crippen LogP contribution in [0.25, 0.3) is 38.7 Å². The zero-order valence-corrected chi connectivity index (χ0v) is 17.1. The van der Waals surface area contributed by atoms with Crippen molar-refractivity contribution in [1.29, 1.82) is 0 Å². The summed E-state index contributed by atoms with van der Waals surface area (Å²) in [6.45, 7) is 1.99. The molecule has 2 aromatic heterocycles. The number of benzene rings is 3. The Bertz CT molecular complexity index is 1410. The van der Waals surface area contributed by atoms with Gasteiger partial charge in [0.15, 0.2) is 5.65 Å². The summed E-state index contributed by atoms with van der Waals surface area (Å²) in [6.07, 6.45) is 1.31. The van der Waals surface area contributed by atoms with Gasteiger partial charge in [-0.25, -0.2) is 9.50 Å². The molecule has 0 fully saturated rings. The van der Waals surface area contributed by atoms with Gasteiger partial charge in [-0.05, 0) is 36.8 Å². The molecule has 30 heavy (non-hydrogen) atoms. The van der Waals surface area contributed by atoms with Gasteiger partial charge in [0.1, 0.15) is 0 Å². The van der Waals surface area contributed by atoms with Gasteiger partial charge in [-0.1, -0.05) is 54.9 Å². The minimum Gasteiger partial charge on any atom is -0.326 e. The summed E-state index contributed by atoms with van der Waals surface area (Å²) in [5.74, 6) is 0.00853. The number of nitrogens with one attached hydrogen (secondary N) is 1. The van der Waals surface area contributed by atoms with Crippen molar-refractivity contribution >= 4 is 50.6 Å². The summed E-state index contributed by atoms with van der Waals surface area (Å²) >= 11 is 6.08. The largest absolute Gasteiger partial charge is 0.326 e. The number of aromatic nitrogens is 3. The van der Waals surface area contributed by atoms with E-state index in [1.165, 1.54) is 0 Å². The fourth-order valence-electron chi connectivity index (χ4n) is 3.73. The van der Waals surface area contributed by atoms with Crippen LogP contribution in [0.4, 0.5) is 5.69 Å². The topological polar surface area (TPSA) is 59.3 Å². The molecule has 0 atom stereocenters. The van der Waals surface area contributed by atoms with Gasteiger partial charge in [0.05, 0.1) is 16.7 Å². The van der Waals surface area contributed by atoms with Crippen molar-refractivity contribution < 1.29 is 4.79 Å². The zero-order valence-electron chi connectivity index (χ0n) is 16.4. The monoisotopic (exact) mass is 414 g/mol. The smallest absolute Gasteiger partial charge is 0.224 e. The fraction of sp³-hybridized carbons (Fsp3) is 0.125. The van der Waals surface area contributed by atoms with Crippen molar-refractivity contribution in [1.82, 2.24) is 14.6 Å². The van der Waals surface area contributed by atoms with E-state index in [4.69, 9.17) is 21.7 Å². The number of amides is 1. The molecular weight excluding hydrogens is 396 g/mol. The highest BCUT2D eigenvalue weighted by atomic mass is 35.5. The average molecular weight is 415 g/mol. The third-order valence-corrected chi connectivity index (χ3v) is 5.38. The Morgan fingerprint density at radius 2 is 1.80 bits per heavy atom. The normalized spacial score (nSPS) is 11.4. The maximum atomic E-state index is 12.0. The lowest BCUT2D eigenvalue weighted by Gasteiger charge is -2.08. The summed E-state index contributed by atoms with van der Waals surface area (Å²) in [5, 5.41) is 10.6. The van der Waals surface area contributed by atoms with Gasteiger partial charge in [-0.3, -0.25) is 4.79 Å². The summed E-state index contributed by atoms with van der Waals surface area (Å²) in [6, 6.07) is 21.6. The SMILES string of the molecule is CCCC(=O)Nc1ccc2c(c1)nc1c3ccccc3c(-c3ccc(Cl)cc3)nn21. The highest BCUT2D eigenvalue weighted by Gasteiger charge is 2.15. The van der Waals surface area contributed by atoms with E-state index in [0.29, 0.717) is 11.4 Å². The third-order valence-electron chi connectivity index (χ3n) is 5.13. The number of nitrogens with zero attached hydrogens (tertiary/aromatic N) is 3. The molecule has 2 heterocycles. The first-order valence-corrected chi connectivity index (χ1v) is 10.3. The lowest BCUT2D eigenvalue weighted by atomic mass is 10.1. The fourth-order valence-corrected chi connectivity index (χ4v) is 3.86. The van der Waals surface area contributed by atoms with Gasteiger partial charge >= 0.3 is 0 Å². The second-order valence-corrected chi connectivity index (χ2v) is 7.69. The highest BCUT2D eigenvalue weighted by molar-refractivity contribution is 6.30. The Labute approximate surface area is 178 Å². The molecule has 6 heteroatoms. The molecule has 148 valence electrons. The van der Waals surface area contributed by atoms with Crippen molar-refractivity contribution in [3.63, 3.8) is 0 Å². The molecule has 0 aliphatic heterocycles. The minimum atomic E-state index is 0.00853. The van der Waals surface area contributed by atoms with Gasteiger partial charge < -0.3 is 5.32 Å². The van der Waals surface area contributed by atoms with E-state index < -0.39 is 0 Å². The molecule has 0 unspecified atom stereocenters. The van der Waals surface area contributed by atoms with Gasteiger partial charge in [-0.2, -0.15) is 5.10 Å². The number of hydrogen-bond acceptors (Lipinski definition) is 3. The molecule has 0 bridgehead atoms. The summed E-state index contributed by atoms with van der Waals surface area (Å²) in [5.41, 5.74) is 5.06. The lowest BCUT2D eigenvalue weighted by Crippen LogP contribution is -2.10. The lowest BCUT2D eigenvalue weighted by molar-refractivity contribution is -0.116. The highest BCUT2D eigenvalue weighted by Crippen LogP contribution is 2.32. The van der Waals surface area contributed by atoms with E-state index in [-0.39, 0.29) is 5.91 Å². The first-order chi connectivity index (χ1) is 14.6. The standard InChI is InChI=1S/C24H19ClN4O/c1-2-5-22(30)26-17-12-13-21-20(14-17)27-24-19-7-4-3-6-18(19)23(28-29(21)24)15-8-10-16(25)11-9-15/h3-4,6-14H,2,5H2,1H3,(H,26,30). The molecule has 5 rings (SSSR count). The maximum absolute atomic E-state index is 12.0. The van der Waals surface area contributed by atoms with Crippen molar-refractivity contribution in [2.24, 2.45) is 0 Å².